The highest BCUT2D eigenvalue weighted by molar-refractivity contribution is 7.99. The van der Waals surface area contributed by atoms with Gasteiger partial charge >= 0.3 is 5.97 Å². The van der Waals surface area contributed by atoms with Crippen LogP contribution in [0.5, 0.6) is 0 Å². The summed E-state index contributed by atoms with van der Waals surface area (Å²) in [6.45, 7) is 0. The fourth-order valence-corrected chi connectivity index (χ4v) is 2.70. The maximum Gasteiger partial charge on any atom is 0.313 e. The van der Waals surface area contributed by atoms with Crippen LogP contribution in [-0.2, 0) is 4.79 Å². The molecule has 0 saturated heterocycles. The number of aromatic nitrogens is 3. The van der Waals surface area contributed by atoms with Gasteiger partial charge in [-0.05, 0) is 29.3 Å². The summed E-state index contributed by atoms with van der Waals surface area (Å²) in [4.78, 5) is 14.9. The molecule has 1 heterocycles. The van der Waals surface area contributed by atoms with Crippen molar-refractivity contribution in [1.29, 1.82) is 5.26 Å². The quantitative estimate of drug-likeness (QED) is 0.694. The van der Waals surface area contributed by atoms with Crippen molar-refractivity contribution < 1.29 is 9.90 Å². The third-order valence-electron chi connectivity index (χ3n) is 3.25. The SMILES string of the molecule is N#Cc1cccc(-c2cccc(-c3nc(SCC(=O)O)n[nH]3)c2)c1. The Morgan fingerprint density at radius 1 is 1.17 bits per heavy atom. The molecule has 0 aliphatic rings. The van der Waals surface area contributed by atoms with Crippen molar-refractivity contribution >= 4 is 17.7 Å². The van der Waals surface area contributed by atoms with E-state index in [2.05, 4.69) is 21.3 Å². The smallest absolute Gasteiger partial charge is 0.313 e. The average Bonchev–Trinajstić information content (AvgIpc) is 3.09. The molecule has 2 aromatic carbocycles. The molecule has 3 aromatic rings. The number of hydrogen-bond acceptors (Lipinski definition) is 5. The lowest BCUT2D eigenvalue weighted by atomic mass is 10.0. The Kier molecular flexibility index (Phi) is 4.59. The van der Waals surface area contributed by atoms with Gasteiger partial charge in [-0.15, -0.1) is 5.10 Å². The number of carboxylic acid groups (broad SMARTS) is 1. The van der Waals surface area contributed by atoms with Gasteiger partial charge in [-0.25, -0.2) is 4.98 Å². The Morgan fingerprint density at radius 3 is 2.62 bits per heavy atom. The average molecular weight is 336 g/mol. The van der Waals surface area contributed by atoms with Gasteiger partial charge in [0.2, 0.25) is 5.16 Å². The van der Waals surface area contributed by atoms with Crippen molar-refractivity contribution in [3.8, 4) is 28.6 Å². The number of hydrogen-bond donors (Lipinski definition) is 2. The van der Waals surface area contributed by atoms with Crippen molar-refractivity contribution in [1.82, 2.24) is 15.2 Å². The lowest BCUT2D eigenvalue weighted by Crippen LogP contribution is -1.97. The van der Waals surface area contributed by atoms with Crippen molar-refractivity contribution in [2.45, 2.75) is 5.16 Å². The van der Waals surface area contributed by atoms with Crippen LogP contribution in [0.4, 0.5) is 0 Å². The molecular formula is C17H12N4O2S. The summed E-state index contributed by atoms with van der Waals surface area (Å²) in [5, 5.41) is 24.9. The molecular weight excluding hydrogens is 324 g/mol. The Hall–Kier alpha value is -3.11. The summed E-state index contributed by atoms with van der Waals surface area (Å²) in [5.41, 5.74) is 3.34. The molecule has 0 aliphatic carbocycles. The molecule has 0 unspecified atom stereocenters. The lowest BCUT2D eigenvalue weighted by molar-refractivity contribution is -0.133. The molecule has 24 heavy (non-hydrogen) atoms. The molecule has 2 N–H and O–H groups in total. The first-order chi connectivity index (χ1) is 11.7. The molecule has 1 aromatic heterocycles. The van der Waals surface area contributed by atoms with Gasteiger partial charge in [-0.1, -0.05) is 42.1 Å². The fraction of sp³-hybridized carbons (Fsp3) is 0.0588. The number of rotatable bonds is 5. The number of carbonyl (C=O) groups is 1. The topological polar surface area (TPSA) is 103 Å². The second-order valence-electron chi connectivity index (χ2n) is 4.92. The zero-order valence-corrected chi connectivity index (χ0v) is 13.2. The van der Waals surface area contributed by atoms with Crippen molar-refractivity contribution in [2.75, 3.05) is 5.75 Å². The predicted molar refractivity (Wildman–Crippen MR) is 90.3 cm³/mol. The van der Waals surface area contributed by atoms with Crippen LogP contribution in [0.15, 0.2) is 53.7 Å². The molecule has 0 radical (unpaired) electrons. The van der Waals surface area contributed by atoms with Crippen molar-refractivity contribution in [3.05, 3.63) is 54.1 Å². The Bertz CT molecular complexity index is 930. The molecule has 3 rings (SSSR count). The number of nitriles is 1. The van der Waals surface area contributed by atoms with Gasteiger partial charge in [-0.2, -0.15) is 5.26 Å². The first kappa shape index (κ1) is 15.8. The number of aromatic amines is 1. The number of aliphatic carboxylic acids is 1. The monoisotopic (exact) mass is 336 g/mol. The zero-order valence-electron chi connectivity index (χ0n) is 12.4. The van der Waals surface area contributed by atoms with E-state index in [0.29, 0.717) is 16.5 Å². The Balaban J connectivity index is 1.88. The standard InChI is InChI=1S/C17H12N4O2S/c18-9-11-3-1-4-12(7-11)13-5-2-6-14(8-13)16-19-17(21-20-16)24-10-15(22)23/h1-8H,10H2,(H,22,23)(H,19,20,21). The van der Waals surface area contributed by atoms with Crippen molar-refractivity contribution in [3.63, 3.8) is 0 Å². The molecule has 0 atom stereocenters. The van der Waals surface area contributed by atoms with E-state index in [-0.39, 0.29) is 5.75 Å². The van der Waals surface area contributed by atoms with Gasteiger partial charge < -0.3 is 5.11 Å². The van der Waals surface area contributed by atoms with Crippen LogP contribution in [-0.4, -0.2) is 32.0 Å². The van der Waals surface area contributed by atoms with Gasteiger partial charge in [0, 0.05) is 5.56 Å². The number of benzene rings is 2. The van der Waals surface area contributed by atoms with Crippen LogP contribution in [0.25, 0.3) is 22.5 Å². The number of carboxylic acids is 1. The second-order valence-corrected chi connectivity index (χ2v) is 5.86. The fourth-order valence-electron chi connectivity index (χ4n) is 2.18. The van der Waals surface area contributed by atoms with E-state index >= 15 is 0 Å². The summed E-state index contributed by atoms with van der Waals surface area (Å²) in [7, 11) is 0. The molecule has 6 nitrogen and oxygen atoms in total. The maximum absolute atomic E-state index is 10.6. The summed E-state index contributed by atoms with van der Waals surface area (Å²) >= 11 is 1.06. The van der Waals surface area contributed by atoms with E-state index in [1.807, 2.05) is 42.5 Å². The van der Waals surface area contributed by atoms with Gasteiger partial charge in [0.1, 0.15) is 0 Å². The number of thioether (sulfide) groups is 1. The minimum Gasteiger partial charge on any atom is -0.481 e. The van der Waals surface area contributed by atoms with E-state index in [0.717, 1.165) is 28.5 Å². The molecule has 0 saturated carbocycles. The lowest BCUT2D eigenvalue weighted by Gasteiger charge is -2.04. The third kappa shape index (κ3) is 3.62. The van der Waals surface area contributed by atoms with Gasteiger partial charge in [0.15, 0.2) is 5.82 Å². The van der Waals surface area contributed by atoms with E-state index in [9.17, 15) is 4.79 Å². The van der Waals surface area contributed by atoms with Crippen LogP contribution in [0.1, 0.15) is 5.56 Å². The highest BCUT2D eigenvalue weighted by Gasteiger charge is 2.09. The summed E-state index contributed by atoms with van der Waals surface area (Å²) in [6.07, 6.45) is 0. The highest BCUT2D eigenvalue weighted by Crippen LogP contribution is 2.26. The van der Waals surface area contributed by atoms with Gasteiger partial charge in [0.05, 0.1) is 17.4 Å². The van der Waals surface area contributed by atoms with Gasteiger partial charge in [0.25, 0.3) is 0 Å². The maximum atomic E-state index is 10.6. The summed E-state index contributed by atoms with van der Waals surface area (Å²) in [5.74, 6) is -0.426. The Morgan fingerprint density at radius 2 is 1.88 bits per heavy atom. The highest BCUT2D eigenvalue weighted by atomic mass is 32.2. The van der Waals surface area contributed by atoms with E-state index < -0.39 is 5.97 Å². The first-order valence-corrected chi connectivity index (χ1v) is 8.02. The zero-order chi connectivity index (χ0) is 16.9. The molecule has 0 spiro atoms. The normalized spacial score (nSPS) is 10.3. The molecule has 0 amide bonds. The summed E-state index contributed by atoms with van der Waals surface area (Å²) < 4.78 is 0. The van der Waals surface area contributed by atoms with Crippen LogP contribution in [0.3, 0.4) is 0 Å². The number of nitrogens with zero attached hydrogens (tertiary/aromatic N) is 3. The van der Waals surface area contributed by atoms with Crippen LogP contribution < -0.4 is 0 Å². The van der Waals surface area contributed by atoms with Crippen LogP contribution in [0.2, 0.25) is 0 Å². The van der Waals surface area contributed by atoms with E-state index in [1.54, 1.807) is 6.07 Å². The number of nitrogens with one attached hydrogen (secondary N) is 1. The second kappa shape index (κ2) is 6.98. The summed E-state index contributed by atoms with van der Waals surface area (Å²) in [6, 6.07) is 17.2. The largest absolute Gasteiger partial charge is 0.481 e. The Labute approximate surface area is 142 Å². The van der Waals surface area contributed by atoms with E-state index in [1.165, 1.54) is 0 Å². The number of H-pyrrole nitrogens is 1. The minimum absolute atomic E-state index is 0.0850. The molecule has 0 bridgehead atoms. The molecule has 0 fully saturated rings. The van der Waals surface area contributed by atoms with Gasteiger partial charge in [-0.3, -0.25) is 9.89 Å². The molecule has 118 valence electrons. The van der Waals surface area contributed by atoms with Crippen LogP contribution >= 0.6 is 11.8 Å². The third-order valence-corrected chi connectivity index (χ3v) is 4.08. The predicted octanol–water partition coefficient (Wildman–Crippen LogP) is 3.19. The minimum atomic E-state index is -0.911. The molecule has 7 heteroatoms. The molecule has 0 aliphatic heterocycles. The van der Waals surface area contributed by atoms with Crippen molar-refractivity contribution in [2.24, 2.45) is 0 Å². The first-order valence-electron chi connectivity index (χ1n) is 7.03. The van der Waals surface area contributed by atoms with E-state index in [4.69, 9.17) is 10.4 Å². The van der Waals surface area contributed by atoms with Crippen LogP contribution in [0, 0.1) is 11.3 Å².